The molecular formula is C38H35F13O. The topological polar surface area (TPSA) is 20.2 Å². The Bertz CT molecular complexity index is 1780. The summed E-state index contributed by atoms with van der Waals surface area (Å²) in [5, 5.41) is 7.00. The van der Waals surface area contributed by atoms with Crippen molar-refractivity contribution in [3.8, 4) is 0 Å². The molecule has 0 spiro atoms. The summed E-state index contributed by atoms with van der Waals surface area (Å²) in [6.07, 6.45) is 0.836. The fourth-order valence-electron chi connectivity index (χ4n) is 4.24. The lowest BCUT2D eigenvalue weighted by atomic mass is 9.91. The smallest absolute Gasteiger partial charge is 0.200 e. The fraction of sp³-hybridized carbons (Fsp3) is 0.263. The van der Waals surface area contributed by atoms with Crippen LogP contribution in [-0.2, 0) is 12.8 Å². The maximum atomic E-state index is 13.5. The maximum Gasteiger partial charge on any atom is 0.200 e. The van der Waals surface area contributed by atoms with Crippen LogP contribution >= 0.6 is 0 Å². The number of halogens is 13. The molecule has 284 valence electrons. The Kier molecular flexibility index (Phi) is 19.8. The Balaban J connectivity index is 0.000000668. The van der Waals surface area contributed by atoms with Gasteiger partial charge >= 0.3 is 0 Å². The molecule has 0 amide bonds. The van der Waals surface area contributed by atoms with Crippen molar-refractivity contribution in [1.82, 2.24) is 0 Å². The van der Waals surface area contributed by atoms with Gasteiger partial charge in [0.1, 0.15) is 5.82 Å². The lowest BCUT2D eigenvalue weighted by Gasteiger charge is -2.16. The van der Waals surface area contributed by atoms with Crippen LogP contribution in [0.3, 0.4) is 0 Å². The summed E-state index contributed by atoms with van der Waals surface area (Å²) in [5.74, 6) is -19.3. The van der Waals surface area contributed by atoms with Crippen molar-refractivity contribution < 1.29 is 62.2 Å². The number of aryl methyl sites for hydroxylation is 1. The van der Waals surface area contributed by atoms with Gasteiger partial charge in [0, 0.05) is 18.2 Å². The van der Waals surface area contributed by atoms with E-state index in [1.165, 1.54) is 19.1 Å². The minimum absolute atomic E-state index is 0.0277. The van der Waals surface area contributed by atoms with Gasteiger partial charge in [-0.15, -0.1) is 5.73 Å². The van der Waals surface area contributed by atoms with Crippen molar-refractivity contribution in [2.24, 2.45) is 0 Å². The quantitative estimate of drug-likeness (QED) is 0.0952. The number of hydrogen-bond donors (Lipinski definition) is 1. The zero-order chi connectivity index (χ0) is 40.8. The van der Waals surface area contributed by atoms with Crippen molar-refractivity contribution in [1.29, 1.82) is 0 Å². The van der Waals surface area contributed by atoms with Gasteiger partial charge in [-0.25, -0.2) is 57.1 Å². The molecule has 2 radical (unpaired) electrons. The average molecular weight is 755 g/mol. The Morgan fingerprint density at radius 3 is 1.33 bits per heavy atom. The number of hydrogen-bond acceptors (Lipinski definition) is 1. The molecule has 1 nitrogen and oxygen atoms in total. The number of aliphatic hydroxyl groups excluding tert-OH is 1. The highest BCUT2D eigenvalue weighted by molar-refractivity contribution is 5.50. The average Bonchev–Trinajstić information content (AvgIpc) is 3.13. The van der Waals surface area contributed by atoms with Gasteiger partial charge in [-0.3, -0.25) is 0 Å². The minimum atomic E-state index is -2.20. The molecule has 0 atom stereocenters. The molecule has 0 fully saturated rings. The van der Waals surface area contributed by atoms with Gasteiger partial charge in [-0.1, -0.05) is 45.4 Å². The standard InChI is InChI=1S/C12H14F3.C9H2F5.C9H8F4.C7H7F.CH4O/c1-5-8-7(4)10(13)12(15)11(14)9(8)6(2)3;1-2-3-4-5(10)7(12)9(14)8(13)6(4)11;1-3-5-8(12)6(10)4(2)7(11)9(5)13;1-6-2-4-7(8)5-3-6;1-2/h6H,4-5H2,1-3H3;1,3H;3H2,1-2H3;2-5H,1H3;2H,1H3. The molecule has 0 aliphatic carbocycles. The van der Waals surface area contributed by atoms with E-state index in [4.69, 9.17) is 5.11 Å². The number of aliphatic hydroxyl groups is 1. The van der Waals surface area contributed by atoms with Gasteiger partial charge < -0.3 is 5.11 Å². The third kappa shape index (κ3) is 11.5. The second kappa shape index (κ2) is 21.7. The predicted octanol–water partition coefficient (Wildman–Crippen LogP) is 11.8. The monoisotopic (exact) mass is 754 g/mol. The van der Waals surface area contributed by atoms with Crippen molar-refractivity contribution in [3.63, 3.8) is 0 Å². The molecule has 0 aromatic heterocycles. The van der Waals surface area contributed by atoms with Gasteiger partial charge in [0.05, 0.1) is 5.56 Å². The van der Waals surface area contributed by atoms with E-state index >= 15 is 0 Å². The van der Waals surface area contributed by atoms with Gasteiger partial charge in [0.15, 0.2) is 64.0 Å². The summed E-state index contributed by atoms with van der Waals surface area (Å²) in [7, 11) is 1.00. The van der Waals surface area contributed by atoms with Crippen molar-refractivity contribution in [2.75, 3.05) is 7.11 Å². The molecule has 0 bridgehead atoms. The molecule has 14 heteroatoms. The first kappa shape index (κ1) is 47.4. The molecule has 0 aliphatic heterocycles. The largest absolute Gasteiger partial charge is 0.400 e. The van der Waals surface area contributed by atoms with Crippen LogP contribution in [0.4, 0.5) is 57.1 Å². The highest BCUT2D eigenvalue weighted by atomic mass is 19.2. The lowest BCUT2D eigenvalue weighted by Crippen LogP contribution is -2.08. The van der Waals surface area contributed by atoms with E-state index in [0.717, 1.165) is 19.6 Å². The molecule has 1 N–H and O–H groups in total. The zero-order valence-electron chi connectivity index (χ0n) is 29.0. The van der Waals surface area contributed by atoms with E-state index in [9.17, 15) is 57.1 Å². The van der Waals surface area contributed by atoms with E-state index in [-0.39, 0.29) is 29.3 Å². The van der Waals surface area contributed by atoms with Crippen molar-refractivity contribution in [3.05, 3.63) is 158 Å². The molecule has 0 heterocycles. The molecule has 0 saturated carbocycles. The lowest BCUT2D eigenvalue weighted by molar-refractivity contribution is 0.377. The first-order valence-corrected chi connectivity index (χ1v) is 15.0. The molecule has 4 rings (SSSR count). The van der Waals surface area contributed by atoms with Crippen LogP contribution < -0.4 is 0 Å². The number of benzene rings is 4. The SMILES string of the molecule is CCc1c(F)c(F)c(C)c(F)c1F.CO.Cc1ccc(F)cc1.[CH2]c1c(F)c(F)c(F)c(C(C)C)c1CC.[CH]=C=Cc1c(F)c(F)c(F)c(F)c1F. The van der Waals surface area contributed by atoms with E-state index < -0.39 is 86.5 Å². The van der Waals surface area contributed by atoms with E-state index in [2.05, 4.69) is 13.5 Å². The highest BCUT2D eigenvalue weighted by Gasteiger charge is 2.25. The summed E-state index contributed by atoms with van der Waals surface area (Å²) in [5.41, 5.74) is 1.18. The van der Waals surface area contributed by atoms with Crippen LogP contribution in [0.25, 0.3) is 6.08 Å². The van der Waals surface area contributed by atoms with Gasteiger partial charge in [0.25, 0.3) is 0 Å². The first-order valence-electron chi connectivity index (χ1n) is 15.0. The number of rotatable bonds is 4. The summed E-state index contributed by atoms with van der Waals surface area (Å²) >= 11 is 0. The van der Waals surface area contributed by atoms with Crippen LogP contribution in [0.15, 0.2) is 30.0 Å². The first-order chi connectivity index (χ1) is 24.2. The third-order valence-corrected chi connectivity index (χ3v) is 6.92. The van der Waals surface area contributed by atoms with E-state index in [1.807, 2.05) is 6.92 Å². The second-order valence-corrected chi connectivity index (χ2v) is 10.6. The Morgan fingerprint density at radius 2 is 0.981 bits per heavy atom. The van der Waals surface area contributed by atoms with E-state index in [0.29, 0.717) is 18.1 Å². The molecule has 0 aliphatic rings. The minimum Gasteiger partial charge on any atom is -0.400 e. The molecule has 52 heavy (non-hydrogen) atoms. The van der Waals surface area contributed by atoms with Crippen LogP contribution in [0.2, 0.25) is 0 Å². The van der Waals surface area contributed by atoms with Crippen LogP contribution in [0.1, 0.15) is 72.6 Å². The molecule has 0 saturated heterocycles. The Morgan fingerprint density at radius 1 is 0.596 bits per heavy atom. The Hall–Kier alpha value is -4.55. The second-order valence-electron chi connectivity index (χ2n) is 10.6. The summed E-state index contributed by atoms with van der Waals surface area (Å²) in [6, 6.07) is 6.40. The molecular weight excluding hydrogens is 719 g/mol. The normalized spacial score (nSPS) is 10.1. The molecule has 0 unspecified atom stereocenters. The zero-order valence-corrected chi connectivity index (χ0v) is 29.0. The van der Waals surface area contributed by atoms with Crippen LogP contribution in [-0.4, -0.2) is 12.2 Å². The third-order valence-electron chi connectivity index (χ3n) is 6.92. The summed E-state index contributed by atoms with van der Waals surface area (Å²) < 4.78 is 166. The highest BCUT2D eigenvalue weighted by Crippen LogP contribution is 2.30. The maximum absolute atomic E-state index is 13.5. The Labute approximate surface area is 293 Å². The van der Waals surface area contributed by atoms with Crippen molar-refractivity contribution in [2.45, 2.75) is 60.3 Å². The van der Waals surface area contributed by atoms with Crippen LogP contribution in [0, 0.1) is 103 Å². The fourth-order valence-corrected chi connectivity index (χ4v) is 4.24. The van der Waals surface area contributed by atoms with Crippen LogP contribution in [0.5, 0.6) is 0 Å². The van der Waals surface area contributed by atoms with Crippen molar-refractivity contribution >= 4 is 6.08 Å². The van der Waals surface area contributed by atoms with Gasteiger partial charge in [-0.05, 0) is 81.0 Å². The predicted molar refractivity (Wildman–Crippen MR) is 172 cm³/mol. The van der Waals surface area contributed by atoms with Gasteiger partial charge in [-0.2, -0.15) is 0 Å². The van der Waals surface area contributed by atoms with Gasteiger partial charge in [0.2, 0.25) is 5.82 Å². The van der Waals surface area contributed by atoms with E-state index in [1.54, 1.807) is 38.6 Å². The molecule has 4 aromatic rings. The summed E-state index contributed by atoms with van der Waals surface area (Å²) in [6.45, 7) is 17.7. The summed E-state index contributed by atoms with van der Waals surface area (Å²) in [4.78, 5) is 0. The molecule has 4 aromatic carbocycles.